The van der Waals surface area contributed by atoms with Crippen molar-refractivity contribution in [3.8, 4) is 11.5 Å². The summed E-state index contributed by atoms with van der Waals surface area (Å²) in [6, 6.07) is 12.4. The molecule has 4 N–H and O–H groups in total. The Kier molecular flexibility index (Phi) is 8.29. The minimum absolute atomic E-state index is 0.145. The third kappa shape index (κ3) is 6.92. The number of benzene rings is 2. The Hall–Kier alpha value is -3.07. The van der Waals surface area contributed by atoms with Crippen LogP contribution in [0.4, 0.5) is 4.79 Å². The van der Waals surface area contributed by atoms with Gasteiger partial charge in [0.25, 0.3) is 5.91 Å². The second-order valence-electron chi connectivity index (χ2n) is 5.63. The molecule has 2 rings (SSSR count). The van der Waals surface area contributed by atoms with E-state index in [9.17, 15) is 9.59 Å². The number of nitrogens with one attached hydrogen (secondary N) is 2. The summed E-state index contributed by atoms with van der Waals surface area (Å²) in [5.74, 6) is 0.582. The Morgan fingerprint density at radius 1 is 1.21 bits per heavy atom. The molecule has 0 aliphatic heterocycles. The lowest BCUT2D eigenvalue weighted by Gasteiger charge is -2.12. The Morgan fingerprint density at radius 2 is 1.96 bits per heavy atom. The first-order chi connectivity index (χ1) is 13.5. The predicted molar refractivity (Wildman–Crippen MR) is 110 cm³/mol. The number of hydrazone groups is 1. The molecule has 2 aromatic carbocycles. The van der Waals surface area contributed by atoms with E-state index in [0.717, 1.165) is 12.0 Å². The number of ether oxygens (including phenoxy) is 2. The minimum atomic E-state index is -0.766. The fourth-order valence-corrected chi connectivity index (χ4v) is 2.70. The summed E-state index contributed by atoms with van der Waals surface area (Å²) in [4.78, 5) is 22.7. The number of primary amides is 1. The number of carbonyl (C=O) groups is 2. The summed E-state index contributed by atoms with van der Waals surface area (Å²) in [5.41, 5.74) is 8.84. The Labute approximate surface area is 171 Å². The highest BCUT2D eigenvalue weighted by Gasteiger charge is 2.11. The number of urea groups is 1. The smallest absolute Gasteiger partial charge is 0.332 e. The van der Waals surface area contributed by atoms with Crippen molar-refractivity contribution in [3.05, 3.63) is 58.1 Å². The molecule has 0 aliphatic carbocycles. The van der Waals surface area contributed by atoms with Crippen molar-refractivity contribution in [2.75, 3.05) is 20.3 Å². The van der Waals surface area contributed by atoms with Crippen LogP contribution in [-0.2, 0) is 11.2 Å². The van der Waals surface area contributed by atoms with E-state index in [-0.39, 0.29) is 12.5 Å². The average Bonchev–Trinajstić information content (AvgIpc) is 2.68. The molecule has 0 aromatic heterocycles. The van der Waals surface area contributed by atoms with Gasteiger partial charge in [0.05, 0.1) is 13.3 Å². The van der Waals surface area contributed by atoms with Crippen LogP contribution < -0.4 is 25.9 Å². The predicted octanol–water partition coefficient (Wildman–Crippen LogP) is 2.20. The van der Waals surface area contributed by atoms with Crippen LogP contribution in [0.15, 0.2) is 52.0 Å². The monoisotopic (exact) mass is 448 g/mol. The zero-order valence-electron chi connectivity index (χ0n) is 15.3. The van der Waals surface area contributed by atoms with Crippen molar-refractivity contribution in [2.45, 2.75) is 6.42 Å². The van der Waals surface area contributed by atoms with Crippen molar-refractivity contribution in [3.63, 3.8) is 0 Å². The highest BCUT2D eigenvalue weighted by Crippen LogP contribution is 2.32. The third-order valence-corrected chi connectivity index (χ3v) is 4.29. The van der Waals surface area contributed by atoms with Gasteiger partial charge in [-0.25, -0.2) is 10.2 Å². The van der Waals surface area contributed by atoms with E-state index >= 15 is 0 Å². The minimum Gasteiger partial charge on any atom is -0.493 e. The maximum Gasteiger partial charge on any atom is 0.332 e. The molecule has 0 heterocycles. The average molecular weight is 449 g/mol. The topological polar surface area (TPSA) is 115 Å². The van der Waals surface area contributed by atoms with Gasteiger partial charge in [-0.05, 0) is 40.0 Å². The van der Waals surface area contributed by atoms with Crippen molar-refractivity contribution >= 4 is 34.1 Å². The van der Waals surface area contributed by atoms with Gasteiger partial charge in [0, 0.05) is 16.6 Å². The molecule has 8 nitrogen and oxygen atoms in total. The summed E-state index contributed by atoms with van der Waals surface area (Å²) in [5, 5.41) is 6.51. The van der Waals surface area contributed by atoms with E-state index in [1.807, 2.05) is 30.3 Å². The van der Waals surface area contributed by atoms with E-state index in [0.29, 0.717) is 28.1 Å². The molecule has 0 unspecified atom stereocenters. The van der Waals surface area contributed by atoms with Crippen LogP contribution in [0, 0.1) is 0 Å². The van der Waals surface area contributed by atoms with Crippen LogP contribution in [0.3, 0.4) is 0 Å². The lowest BCUT2D eigenvalue weighted by molar-refractivity contribution is -0.123. The molecule has 0 spiro atoms. The number of hydrogen-bond acceptors (Lipinski definition) is 5. The van der Waals surface area contributed by atoms with Gasteiger partial charge in [-0.15, -0.1) is 0 Å². The van der Waals surface area contributed by atoms with Crippen LogP contribution in [0.25, 0.3) is 0 Å². The molecule has 28 heavy (non-hydrogen) atoms. The lowest BCUT2D eigenvalue weighted by Crippen LogP contribution is -2.30. The molecule has 148 valence electrons. The number of halogens is 1. The summed E-state index contributed by atoms with van der Waals surface area (Å²) in [7, 11) is 1.48. The summed E-state index contributed by atoms with van der Waals surface area (Å²) >= 11 is 3.38. The fraction of sp³-hybridized carbons (Fsp3) is 0.211. The largest absolute Gasteiger partial charge is 0.493 e. The first kappa shape index (κ1) is 21.2. The van der Waals surface area contributed by atoms with Gasteiger partial charge in [0.1, 0.15) is 0 Å². The SMILES string of the molecule is COc1cc(/C=N/NC(N)=O)c(Br)cc1OCC(=O)NCCc1ccccc1. The van der Waals surface area contributed by atoms with Gasteiger partial charge >= 0.3 is 6.03 Å². The first-order valence-corrected chi connectivity index (χ1v) is 9.18. The van der Waals surface area contributed by atoms with Crippen LogP contribution in [0.2, 0.25) is 0 Å². The molecule has 9 heteroatoms. The Bertz CT molecular complexity index is 843. The van der Waals surface area contributed by atoms with Crippen LogP contribution in [0.1, 0.15) is 11.1 Å². The molecule has 0 fully saturated rings. The normalized spacial score (nSPS) is 10.5. The van der Waals surface area contributed by atoms with Crippen molar-refractivity contribution in [1.82, 2.24) is 10.7 Å². The number of nitrogens with two attached hydrogens (primary N) is 1. The molecular weight excluding hydrogens is 428 g/mol. The number of carbonyl (C=O) groups excluding carboxylic acids is 2. The molecule has 0 atom stereocenters. The molecular formula is C19H21BrN4O4. The number of nitrogens with zero attached hydrogens (tertiary/aromatic N) is 1. The standard InChI is InChI=1S/C19H21BrN4O4/c1-27-16-9-14(11-23-24-19(21)26)15(20)10-17(16)28-12-18(25)22-8-7-13-5-3-2-4-6-13/h2-6,9-11H,7-8,12H2,1H3,(H,22,25)(H3,21,24,26)/b23-11+. The second-order valence-corrected chi connectivity index (χ2v) is 6.49. The maximum absolute atomic E-state index is 12.0. The van der Waals surface area contributed by atoms with Gasteiger partial charge in [-0.2, -0.15) is 5.10 Å². The number of methoxy groups -OCH3 is 1. The molecule has 2 aromatic rings. The van der Waals surface area contributed by atoms with E-state index < -0.39 is 6.03 Å². The lowest BCUT2D eigenvalue weighted by atomic mass is 10.1. The van der Waals surface area contributed by atoms with Crippen molar-refractivity contribution in [2.24, 2.45) is 10.8 Å². The first-order valence-electron chi connectivity index (χ1n) is 8.39. The summed E-state index contributed by atoms with van der Waals surface area (Å²) < 4.78 is 11.5. The molecule has 0 saturated carbocycles. The number of hydrogen-bond donors (Lipinski definition) is 3. The zero-order valence-corrected chi connectivity index (χ0v) is 16.9. The van der Waals surface area contributed by atoms with Gasteiger partial charge < -0.3 is 20.5 Å². The van der Waals surface area contributed by atoms with Crippen LogP contribution in [0.5, 0.6) is 11.5 Å². The molecule has 0 aliphatic rings. The summed E-state index contributed by atoms with van der Waals surface area (Å²) in [6.45, 7) is 0.379. The zero-order chi connectivity index (χ0) is 20.4. The fourth-order valence-electron chi connectivity index (χ4n) is 2.27. The van der Waals surface area contributed by atoms with Gasteiger partial charge in [-0.1, -0.05) is 30.3 Å². The van der Waals surface area contributed by atoms with E-state index in [1.165, 1.54) is 13.3 Å². The third-order valence-electron chi connectivity index (χ3n) is 3.60. The van der Waals surface area contributed by atoms with Gasteiger partial charge in [0.2, 0.25) is 0 Å². The van der Waals surface area contributed by atoms with E-state index in [1.54, 1.807) is 12.1 Å². The van der Waals surface area contributed by atoms with Crippen molar-refractivity contribution < 1.29 is 19.1 Å². The Balaban J connectivity index is 1.90. The molecule has 0 radical (unpaired) electrons. The van der Waals surface area contributed by atoms with Crippen molar-refractivity contribution in [1.29, 1.82) is 0 Å². The van der Waals surface area contributed by atoms with Crippen LogP contribution >= 0.6 is 15.9 Å². The van der Waals surface area contributed by atoms with E-state index in [4.69, 9.17) is 15.2 Å². The highest BCUT2D eigenvalue weighted by atomic mass is 79.9. The second kappa shape index (κ2) is 10.9. The highest BCUT2D eigenvalue weighted by molar-refractivity contribution is 9.10. The maximum atomic E-state index is 12.0. The van der Waals surface area contributed by atoms with E-state index in [2.05, 4.69) is 31.8 Å². The Morgan fingerprint density at radius 3 is 2.64 bits per heavy atom. The van der Waals surface area contributed by atoms with Crippen LogP contribution in [-0.4, -0.2) is 38.4 Å². The number of amides is 3. The molecule has 0 saturated heterocycles. The molecule has 0 bridgehead atoms. The number of rotatable bonds is 9. The van der Waals surface area contributed by atoms with Gasteiger partial charge in [-0.3, -0.25) is 4.79 Å². The molecule has 3 amide bonds. The van der Waals surface area contributed by atoms with Gasteiger partial charge in [0.15, 0.2) is 18.1 Å². The quantitative estimate of drug-likeness (QED) is 0.402. The summed E-state index contributed by atoms with van der Waals surface area (Å²) in [6.07, 6.45) is 2.15.